The predicted molar refractivity (Wildman–Crippen MR) is 60.3 cm³/mol. The van der Waals surface area contributed by atoms with Crippen molar-refractivity contribution in [2.45, 2.75) is 45.8 Å². The average Bonchev–Trinajstić information content (AvgIpc) is 2.13. The van der Waals surface area contributed by atoms with E-state index >= 15 is 0 Å². The van der Waals surface area contributed by atoms with E-state index in [1.165, 1.54) is 6.92 Å². The first kappa shape index (κ1) is 15.4. The van der Waals surface area contributed by atoms with Crippen LogP contribution in [0.15, 0.2) is 0 Å². The number of ether oxygens (including phenoxy) is 1. The van der Waals surface area contributed by atoms with Gasteiger partial charge in [0.2, 0.25) is 6.29 Å². The summed E-state index contributed by atoms with van der Waals surface area (Å²) in [6.07, 6.45) is 0.803. The molecule has 0 aliphatic rings. The van der Waals surface area contributed by atoms with Crippen LogP contribution in [0.1, 0.15) is 34.1 Å². The lowest BCUT2D eigenvalue weighted by molar-refractivity contribution is -0.141. The number of carboxylic acids is 1. The Labute approximate surface area is 100 Å². The van der Waals surface area contributed by atoms with Crippen molar-refractivity contribution in [3.8, 4) is 0 Å². The van der Waals surface area contributed by atoms with Crippen molar-refractivity contribution in [2.24, 2.45) is 5.92 Å². The van der Waals surface area contributed by atoms with Gasteiger partial charge in [-0.2, -0.15) is 0 Å². The van der Waals surface area contributed by atoms with Crippen LogP contribution in [0.25, 0.3) is 0 Å². The maximum atomic E-state index is 11.3. The van der Waals surface area contributed by atoms with Crippen LogP contribution in [0, 0.1) is 5.92 Å². The number of amides is 1. The second kappa shape index (κ2) is 6.22. The Hall–Kier alpha value is -1.59. The quantitative estimate of drug-likeness (QED) is 0.755. The molecule has 0 aliphatic heterocycles. The molecule has 0 rings (SSSR count). The van der Waals surface area contributed by atoms with Crippen molar-refractivity contribution < 1.29 is 24.2 Å². The number of carboxylic acid groups (broad SMARTS) is 1. The third-order valence-electron chi connectivity index (χ3n) is 1.84. The van der Waals surface area contributed by atoms with Gasteiger partial charge in [0.05, 0.1) is 12.0 Å². The van der Waals surface area contributed by atoms with E-state index in [2.05, 4.69) is 5.32 Å². The Bertz CT molecular complexity index is 295. The van der Waals surface area contributed by atoms with Gasteiger partial charge in [-0.3, -0.25) is 9.59 Å². The van der Waals surface area contributed by atoms with Crippen LogP contribution >= 0.6 is 0 Å². The molecule has 1 radical (unpaired) electrons. The van der Waals surface area contributed by atoms with Crippen molar-refractivity contribution in [2.75, 3.05) is 0 Å². The highest BCUT2D eigenvalue weighted by molar-refractivity contribution is 5.75. The van der Waals surface area contributed by atoms with Crippen LogP contribution in [-0.2, 0) is 14.3 Å². The fraction of sp³-hybridized carbons (Fsp3) is 0.727. The lowest BCUT2D eigenvalue weighted by Crippen LogP contribution is -2.41. The first-order valence-electron chi connectivity index (χ1n) is 5.25. The molecule has 0 saturated carbocycles. The first-order chi connectivity index (χ1) is 7.65. The number of hydrogen-bond donors (Lipinski definition) is 2. The first-order valence-corrected chi connectivity index (χ1v) is 5.25. The van der Waals surface area contributed by atoms with E-state index < -0.39 is 29.6 Å². The minimum atomic E-state index is -1.03. The molecule has 0 aromatic carbocycles. The predicted octanol–water partition coefficient (Wildman–Crippen LogP) is 1.10. The van der Waals surface area contributed by atoms with Crippen molar-refractivity contribution in [1.82, 2.24) is 5.32 Å². The summed E-state index contributed by atoms with van der Waals surface area (Å²) in [5.74, 6) is -1.77. The van der Waals surface area contributed by atoms with Crippen molar-refractivity contribution in [1.29, 1.82) is 0 Å². The Morgan fingerprint density at radius 1 is 1.41 bits per heavy atom. The summed E-state index contributed by atoms with van der Waals surface area (Å²) < 4.78 is 4.94. The van der Waals surface area contributed by atoms with Gasteiger partial charge in [0, 0.05) is 0 Å². The smallest absolute Gasteiger partial charge is 0.408 e. The highest BCUT2D eigenvalue weighted by atomic mass is 16.6. The molecule has 0 aromatic heterocycles. The number of carbonyl (C=O) groups is 2. The van der Waals surface area contributed by atoms with Gasteiger partial charge in [-0.1, -0.05) is 6.92 Å². The molecule has 0 bridgehead atoms. The fourth-order valence-electron chi connectivity index (χ4n) is 1.04. The number of nitrogens with one attached hydrogen (secondary N) is 1. The molecule has 0 saturated heterocycles. The van der Waals surface area contributed by atoms with Crippen LogP contribution in [0.3, 0.4) is 0 Å². The average molecular weight is 244 g/mol. The van der Waals surface area contributed by atoms with E-state index in [1.54, 1.807) is 27.1 Å². The largest absolute Gasteiger partial charge is 0.481 e. The van der Waals surface area contributed by atoms with Gasteiger partial charge >= 0.3 is 12.1 Å². The van der Waals surface area contributed by atoms with Crippen molar-refractivity contribution >= 4 is 18.3 Å². The second-order valence-corrected chi connectivity index (χ2v) is 4.79. The summed E-state index contributed by atoms with van der Waals surface area (Å²) >= 11 is 0. The Kier molecular flexibility index (Phi) is 5.64. The van der Waals surface area contributed by atoms with Crippen LogP contribution in [0.2, 0.25) is 0 Å². The lowest BCUT2D eigenvalue weighted by atomic mass is 10.0. The van der Waals surface area contributed by atoms with Gasteiger partial charge < -0.3 is 15.2 Å². The summed E-state index contributed by atoms with van der Waals surface area (Å²) in [7, 11) is 0. The van der Waals surface area contributed by atoms with Crippen LogP contribution in [-0.4, -0.2) is 35.1 Å². The zero-order chi connectivity index (χ0) is 13.6. The van der Waals surface area contributed by atoms with E-state index in [-0.39, 0.29) is 6.42 Å². The SMILES string of the molecule is CC(C[C@@H]([C]=O)NC(=O)OC(C)(C)C)C(=O)O. The third-order valence-corrected chi connectivity index (χ3v) is 1.84. The van der Waals surface area contributed by atoms with E-state index in [9.17, 15) is 14.4 Å². The molecule has 2 atom stereocenters. The molecule has 0 heterocycles. The Morgan fingerprint density at radius 3 is 2.29 bits per heavy atom. The summed E-state index contributed by atoms with van der Waals surface area (Å²) in [4.78, 5) is 32.5. The number of aliphatic carboxylic acids is 1. The van der Waals surface area contributed by atoms with Crippen LogP contribution in [0.5, 0.6) is 0 Å². The Balaban J connectivity index is 4.27. The van der Waals surface area contributed by atoms with Gasteiger partial charge in [-0.05, 0) is 27.2 Å². The highest BCUT2D eigenvalue weighted by Gasteiger charge is 2.23. The monoisotopic (exact) mass is 244 g/mol. The van der Waals surface area contributed by atoms with Gasteiger partial charge in [0.15, 0.2) is 0 Å². The highest BCUT2D eigenvalue weighted by Crippen LogP contribution is 2.09. The second-order valence-electron chi connectivity index (χ2n) is 4.79. The molecule has 0 aromatic rings. The molecule has 1 unspecified atom stereocenters. The minimum Gasteiger partial charge on any atom is -0.481 e. The van der Waals surface area contributed by atoms with Gasteiger partial charge in [-0.25, -0.2) is 4.79 Å². The molecular formula is C11H18NO5. The van der Waals surface area contributed by atoms with Crippen LogP contribution in [0.4, 0.5) is 4.79 Å². The summed E-state index contributed by atoms with van der Waals surface area (Å²) in [5.41, 5.74) is -0.671. The van der Waals surface area contributed by atoms with Gasteiger partial charge in [-0.15, -0.1) is 0 Å². The zero-order valence-electron chi connectivity index (χ0n) is 10.4. The molecule has 0 spiro atoms. The summed E-state index contributed by atoms with van der Waals surface area (Å²) in [6, 6.07) is -0.976. The van der Waals surface area contributed by atoms with Crippen molar-refractivity contribution in [3.63, 3.8) is 0 Å². The van der Waals surface area contributed by atoms with Gasteiger partial charge in [0.1, 0.15) is 5.60 Å². The molecule has 0 fully saturated rings. The molecule has 1 amide bonds. The number of hydrogen-bond acceptors (Lipinski definition) is 4. The summed E-state index contributed by atoms with van der Waals surface area (Å²) in [6.45, 7) is 6.51. The maximum Gasteiger partial charge on any atom is 0.408 e. The van der Waals surface area contributed by atoms with Gasteiger partial charge in [0.25, 0.3) is 0 Å². The van der Waals surface area contributed by atoms with Crippen LogP contribution < -0.4 is 5.32 Å². The van der Waals surface area contributed by atoms with Crippen molar-refractivity contribution in [3.05, 3.63) is 0 Å². The molecular weight excluding hydrogens is 226 g/mol. The molecule has 0 aliphatic carbocycles. The maximum absolute atomic E-state index is 11.3. The number of alkyl carbamates (subject to hydrolysis) is 1. The molecule has 97 valence electrons. The Morgan fingerprint density at radius 2 is 1.94 bits per heavy atom. The molecule has 6 nitrogen and oxygen atoms in total. The van der Waals surface area contributed by atoms with E-state index in [0.29, 0.717) is 0 Å². The van der Waals surface area contributed by atoms with E-state index in [0.717, 1.165) is 0 Å². The zero-order valence-corrected chi connectivity index (χ0v) is 10.4. The number of rotatable bonds is 5. The lowest BCUT2D eigenvalue weighted by Gasteiger charge is -2.21. The number of carbonyl (C=O) groups excluding carboxylic acids is 2. The summed E-state index contributed by atoms with van der Waals surface area (Å²) in [5, 5.41) is 10.9. The topological polar surface area (TPSA) is 92.7 Å². The van der Waals surface area contributed by atoms with E-state index in [1.807, 2.05) is 0 Å². The third kappa shape index (κ3) is 7.32. The van der Waals surface area contributed by atoms with E-state index in [4.69, 9.17) is 9.84 Å². The standard InChI is InChI=1S/C11H18NO5/c1-7(9(14)15)5-8(6-13)12-10(16)17-11(2,3)4/h7-8H,5H2,1-4H3,(H,12,16)(H,14,15)/t7?,8-/m0/s1. The normalized spacial score (nSPS) is 14.6. The molecule has 6 heteroatoms. The minimum absolute atomic E-state index is 0.0158. The molecule has 2 N–H and O–H groups in total. The fourth-order valence-corrected chi connectivity index (χ4v) is 1.04. The molecule has 17 heavy (non-hydrogen) atoms.